The fraction of sp³-hybridized carbons (Fsp3) is 0.739. The van der Waals surface area contributed by atoms with Crippen LogP contribution in [0.25, 0.3) is 0 Å². The van der Waals surface area contributed by atoms with Crippen LogP contribution in [0.2, 0.25) is 0 Å². The van der Waals surface area contributed by atoms with E-state index in [0.29, 0.717) is 0 Å². The predicted octanol–water partition coefficient (Wildman–Crippen LogP) is 6.26. The third-order valence-electron chi connectivity index (χ3n) is 4.73. The van der Waals surface area contributed by atoms with Crippen LogP contribution < -0.4 is 0 Å². The molecule has 24 heavy (non-hydrogen) atoms. The van der Waals surface area contributed by atoms with Crippen molar-refractivity contribution in [3.8, 4) is 25.7 Å². The molecular formula is C23H43N. The van der Waals surface area contributed by atoms with Crippen LogP contribution in [-0.4, -0.2) is 25.0 Å². The molecule has 0 fully saturated rings. The first-order chi connectivity index (χ1) is 11.4. The molecule has 0 spiro atoms. The van der Waals surface area contributed by atoms with Crippen molar-refractivity contribution in [2.75, 3.05) is 20.1 Å². The minimum Gasteiger partial charge on any atom is -0.307 e. The summed E-state index contributed by atoms with van der Waals surface area (Å²) in [4.78, 5) is 2.36. The third kappa shape index (κ3) is 15.7. The Kier molecular flexibility index (Phi) is 22.9. The molecule has 2 atom stereocenters. The molecule has 1 aliphatic carbocycles. The van der Waals surface area contributed by atoms with Crippen molar-refractivity contribution in [2.45, 2.75) is 73.6 Å². The Morgan fingerprint density at radius 1 is 1.08 bits per heavy atom. The lowest BCUT2D eigenvalue weighted by molar-refractivity contribution is 0.343. The minimum atomic E-state index is 0.831. The van der Waals surface area contributed by atoms with Crippen LogP contribution in [0.1, 0.15) is 73.6 Å². The Morgan fingerprint density at radius 2 is 1.62 bits per heavy atom. The van der Waals surface area contributed by atoms with Gasteiger partial charge in [0.05, 0.1) is 0 Å². The Balaban J connectivity index is -0.000000309. The SMILES string of the molecule is C#C.C#C.CC1=CC(C(C)C)CCC1C.CCCCCN(C)CC. The summed E-state index contributed by atoms with van der Waals surface area (Å²) in [6, 6.07) is 0. The zero-order valence-corrected chi connectivity index (χ0v) is 17.5. The van der Waals surface area contributed by atoms with E-state index in [4.69, 9.17) is 0 Å². The molecule has 0 N–H and O–H groups in total. The van der Waals surface area contributed by atoms with Crippen molar-refractivity contribution < 1.29 is 0 Å². The van der Waals surface area contributed by atoms with Gasteiger partial charge in [0.15, 0.2) is 0 Å². The molecule has 0 aliphatic heterocycles. The Hall–Kier alpha value is -1.18. The molecule has 0 amide bonds. The molecule has 0 bridgehead atoms. The van der Waals surface area contributed by atoms with Gasteiger partial charge in [-0.25, -0.2) is 0 Å². The Morgan fingerprint density at radius 3 is 2.00 bits per heavy atom. The first-order valence-electron chi connectivity index (χ1n) is 9.45. The van der Waals surface area contributed by atoms with E-state index in [9.17, 15) is 0 Å². The van der Waals surface area contributed by atoms with Crippen LogP contribution in [0.15, 0.2) is 11.6 Å². The normalized spacial score (nSPS) is 19.0. The summed E-state index contributed by atoms with van der Waals surface area (Å²) < 4.78 is 0. The van der Waals surface area contributed by atoms with Gasteiger partial charge >= 0.3 is 0 Å². The van der Waals surface area contributed by atoms with Gasteiger partial charge in [-0.15, -0.1) is 25.7 Å². The van der Waals surface area contributed by atoms with E-state index in [2.05, 4.69) is 85.3 Å². The van der Waals surface area contributed by atoms with Gasteiger partial charge in [-0.3, -0.25) is 0 Å². The van der Waals surface area contributed by atoms with Crippen LogP contribution >= 0.6 is 0 Å². The molecular weight excluding hydrogens is 290 g/mol. The summed E-state index contributed by atoms with van der Waals surface area (Å²) in [5.74, 6) is 2.52. The number of hydrogen-bond donors (Lipinski definition) is 0. The second kappa shape index (κ2) is 19.9. The minimum absolute atomic E-state index is 0.831. The summed E-state index contributed by atoms with van der Waals surface area (Å²) in [5, 5.41) is 0. The maximum Gasteiger partial charge on any atom is -0.00219 e. The van der Waals surface area contributed by atoms with Crippen LogP contribution in [0.5, 0.6) is 0 Å². The van der Waals surface area contributed by atoms with Gasteiger partial charge < -0.3 is 4.90 Å². The van der Waals surface area contributed by atoms with Crippen LogP contribution in [0.3, 0.4) is 0 Å². The summed E-state index contributed by atoms with van der Waals surface area (Å²) in [6.45, 7) is 16.2. The number of allylic oxidation sites excluding steroid dienone is 2. The fourth-order valence-corrected chi connectivity index (χ4v) is 2.57. The van der Waals surface area contributed by atoms with Crippen molar-refractivity contribution in [2.24, 2.45) is 17.8 Å². The van der Waals surface area contributed by atoms with Gasteiger partial charge in [0, 0.05) is 0 Å². The van der Waals surface area contributed by atoms with Gasteiger partial charge in [0.2, 0.25) is 0 Å². The van der Waals surface area contributed by atoms with Gasteiger partial charge in [-0.2, -0.15) is 0 Å². The van der Waals surface area contributed by atoms with E-state index < -0.39 is 0 Å². The maximum atomic E-state index is 4.00. The average molecular weight is 334 g/mol. The molecule has 0 aromatic rings. The molecule has 1 aliphatic rings. The lowest BCUT2D eigenvalue weighted by Gasteiger charge is -2.26. The van der Waals surface area contributed by atoms with Crippen molar-refractivity contribution >= 4 is 0 Å². The van der Waals surface area contributed by atoms with Gasteiger partial charge in [0.1, 0.15) is 0 Å². The lowest BCUT2D eigenvalue weighted by Crippen LogP contribution is -2.18. The summed E-state index contributed by atoms with van der Waals surface area (Å²) in [5.41, 5.74) is 1.61. The second-order valence-corrected chi connectivity index (χ2v) is 6.90. The predicted molar refractivity (Wildman–Crippen MR) is 113 cm³/mol. The first kappa shape index (κ1) is 27.7. The molecule has 1 nitrogen and oxygen atoms in total. The van der Waals surface area contributed by atoms with Crippen LogP contribution in [-0.2, 0) is 0 Å². The largest absolute Gasteiger partial charge is 0.307 e. The number of hydrogen-bond acceptors (Lipinski definition) is 1. The van der Waals surface area contributed by atoms with Crippen LogP contribution in [0.4, 0.5) is 0 Å². The maximum absolute atomic E-state index is 4.00. The smallest absolute Gasteiger partial charge is 0.00219 e. The van der Waals surface area contributed by atoms with Gasteiger partial charge in [-0.1, -0.05) is 59.1 Å². The molecule has 0 saturated carbocycles. The molecule has 0 heterocycles. The lowest BCUT2D eigenvalue weighted by atomic mass is 9.79. The number of unbranched alkanes of at least 4 members (excludes halogenated alkanes) is 2. The molecule has 140 valence electrons. The number of nitrogens with zero attached hydrogens (tertiary/aromatic N) is 1. The Labute approximate surface area is 154 Å². The number of terminal acetylenes is 2. The molecule has 2 unspecified atom stereocenters. The van der Waals surface area contributed by atoms with Crippen molar-refractivity contribution in [1.29, 1.82) is 0 Å². The molecule has 0 radical (unpaired) electrons. The van der Waals surface area contributed by atoms with Gasteiger partial charge in [-0.05, 0) is 64.1 Å². The van der Waals surface area contributed by atoms with E-state index in [1.807, 2.05) is 0 Å². The molecule has 0 aromatic carbocycles. The highest BCUT2D eigenvalue weighted by Crippen LogP contribution is 2.31. The highest BCUT2D eigenvalue weighted by Gasteiger charge is 2.18. The van der Waals surface area contributed by atoms with Crippen molar-refractivity contribution in [3.63, 3.8) is 0 Å². The van der Waals surface area contributed by atoms with E-state index >= 15 is 0 Å². The van der Waals surface area contributed by atoms with E-state index in [0.717, 1.165) is 17.8 Å². The number of rotatable bonds is 6. The zero-order chi connectivity index (χ0) is 19.5. The average Bonchev–Trinajstić information content (AvgIpc) is 2.61. The van der Waals surface area contributed by atoms with Gasteiger partial charge in [0.25, 0.3) is 0 Å². The monoisotopic (exact) mass is 333 g/mol. The zero-order valence-electron chi connectivity index (χ0n) is 17.5. The molecule has 1 rings (SSSR count). The third-order valence-corrected chi connectivity index (χ3v) is 4.73. The van der Waals surface area contributed by atoms with E-state index in [1.54, 1.807) is 5.57 Å². The standard InChI is InChI=1S/C11H20.C8H19N.2C2H2/c1-8(2)11-6-5-9(3)10(4)7-11;1-4-6-7-8-9(3)5-2;2*1-2/h7-9,11H,5-6H2,1-4H3;4-8H2,1-3H3;2*1-2H. The molecule has 0 saturated heterocycles. The van der Waals surface area contributed by atoms with Crippen molar-refractivity contribution in [3.05, 3.63) is 11.6 Å². The topological polar surface area (TPSA) is 3.24 Å². The summed E-state index contributed by atoms with van der Waals surface area (Å²) in [6.07, 6.45) is 25.4. The van der Waals surface area contributed by atoms with E-state index in [-0.39, 0.29) is 0 Å². The summed E-state index contributed by atoms with van der Waals surface area (Å²) >= 11 is 0. The fourth-order valence-electron chi connectivity index (χ4n) is 2.57. The quantitative estimate of drug-likeness (QED) is 0.315. The molecule has 0 aromatic heterocycles. The Bertz CT molecular complexity index is 315. The highest BCUT2D eigenvalue weighted by molar-refractivity contribution is 5.08. The highest BCUT2D eigenvalue weighted by atomic mass is 15.1. The van der Waals surface area contributed by atoms with E-state index in [1.165, 1.54) is 45.2 Å². The first-order valence-corrected chi connectivity index (χ1v) is 9.45. The second-order valence-electron chi connectivity index (χ2n) is 6.90. The van der Waals surface area contributed by atoms with Crippen molar-refractivity contribution in [1.82, 2.24) is 4.90 Å². The molecule has 1 heteroatoms. The summed E-state index contributed by atoms with van der Waals surface area (Å²) in [7, 11) is 2.18. The van der Waals surface area contributed by atoms with Crippen LogP contribution in [0, 0.1) is 43.4 Å².